The molecule has 1 rings (SSSR count). The maximum absolute atomic E-state index is 10.9. The second-order valence-electron chi connectivity index (χ2n) is 4.03. The first-order valence-corrected chi connectivity index (χ1v) is 9.13. The predicted molar refractivity (Wildman–Crippen MR) is 70.1 cm³/mol. The molecular formula is C12H15ClO2Si. The molecule has 0 fully saturated rings. The molecule has 0 radical (unpaired) electrons. The van der Waals surface area contributed by atoms with Crippen molar-refractivity contribution in [3.8, 4) is 5.75 Å². The third-order valence-corrected chi connectivity index (χ3v) is 3.17. The summed E-state index contributed by atoms with van der Waals surface area (Å²) >= 11 is 6.19. The van der Waals surface area contributed by atoms with Gasteiger partial charge in [0.1, 0.15) is 5.75 Å². The lowest BCUT2D eigenvalue weighted by atomic mass is 10.2. The van der Waals surface area contributed by atoms with Crippen molar-refractivity contribution in [2.45, 2.75) is 20.0 Å². The Hall–Kier alpha value is -1.06. The molecule has 0 saturated heterocycles. The molecule has 16 heavy (non-hydrogen) atoms. The minimum absolute atomic E-state index is 0.316. The van der Waals surface area contributed by atoms with Gasteiger partial charge in [0, 0.05) is 12.5 Å². The number of rotatable bonds is 3. The third kappa shape index (κ3) is 4.64. The number of hydrogen-bond donors (Lipinski definition) is 0. The zero-order chi connectivity index (χ0) is 12.2. The molecule has 0 aliphatic carbocycles. The van der Waals surface area contributed by atoms with E-state index in [0.29, 0.717) is 5.75 Å². The summed E-state index contributed by atoms with van der Waals surface area (Å²) in [5, 5.41) is 0. The monoisotopic (exact) mass is 254 g/mol. The molecule has 86 valence electrons. The third-order valence-electron chi connectivity index (χ3n) is 1.83. The minimum atomic E-state index is -1.75. The van der Waals surface area contributed by atoms with E-state index in [1.165, 1.54) is 6.92 Å². The molecule has 1 aromatic rings. The molecule has 0 aliphatic rings. The van der Waals surface area contributed by atoms with E-state index in [1.54, 1.807) is 6.07 Å². The first-order valence-electron chi connectivity index (χ1n) is 5.04. The molecule has 0 saturated carbocycles. The fourth-order valence-corrected chi connectivity index (χ4v) is 1.92. The topological polar surface area (TPSA) is 26.3 Å². The number of carbonyl (C=O) groups is 1. The van der Waals surface area contributed by atoms with Gasteiger partial charge in [0.15, 0.2) is 7.38 Å². The summed E-state index contributed by atoms with van der Waals surface area (Å²) in [6.07, 6.45) is 1.91. The number of hydrogen-bond acceptors (Lipinski definition) is 2. The van der Waals surface area contributed by atoms with Crippen molar-refractivity contribution in [1.29, 1.82) is 0 Å². The molecule has 4 heteroatoms. The lowest BCUT2D eigenvalue weighted by Crippen LogP contribution is -2.11. The van der Waals surface area contributed by atoms with Gasteiger partial charge in [-0.15, -0.1) is 0 Å². The van der Waals surface area contributed by atoms with Crippen molar-refractivity contribution in [3.63, 3.8) is 0 Å². The highest BCUT2D eigenvalue weighted by Gasteiger charge is 2.12. The number of halogens is 1. The van der Waals surface area contributed by atoms with Crippen LogP contribution in [0.25, 0.3) is 6.08 Å². The van der Waals surface area contributed by atoms with Gasteiger partial charge in [0.25, 0.3) is 0 Å². The van der Waals surface area contributed by atoms with Crippen molar-refractivity contribution in [2.24, 2.45) is 0 Å². The van der Waals surface area contributed by atoms with Crippen LogP contribution in [0.15, 0.2) is 30.0 Å². The summed E-state index contributed by atoms with van der Waals surface area (Å²) in [5.74, 6) is 0.254. The van der Waals surface area contributed by atoms with Crippen LogP contribution >= 0.6 is 11.1 Å². The summed E-state index contributed by atoms with van der Waals surface area (Å²) in [6.45, 7) is 5.44. The van der Waals surface area contributed by atoms with E-state index in [-0.39, 0.29) is 5.97 Å². The highest BCUT2D eigenvalue weighted by Crippen LogP contribution is 2.21. The van der Waals surface area contributed by atoms with Crippen LogP contribution in [-0.4, -0.2) is 13.4 Å². The molecular weight excluding hydrogens is 240 g/mol. The zero-order valence-electron chi connectivity index (χ0n) is 9.66. The highest BCUT2D eigenvalue weighted by atomic mass is 35.6. The molecule has 0 atom stereocenters. The van der Waals surface area contributed by atoms with Crippen LogP contribution < -0.4 is 4.74 Å². The van der Waals surface area contributed by atoms with Crippen molar-refractivity contribution in [1.82, 2.24) is 0 Å². The fourth-order valence-electron chi connectivity index (χ4n) is 1.15. The Morgan fingerprint density at radius 1 is 1.38 bits per heavy atom. The first-order chi connectivity index (χ1) is 7.38. The zero-order valence-corrected chi connectivity index (χ0v) is 11.4. The summed E-state index contributed by atoms with van der Waals surface area (Å²) in [6, 6.07) is 7.39. The Labute approximate surface area is 102 Å². The van der Waals surface area contributed by atoms with Crippen LogP contribution in [0.1, 0.15) is 12.5 Å². The van der Waals surface area contributed by atoms with Crippen molar-refractivity contribution < 1.29 is 9.53 Å². The summed E-state index contributed by atoms with van der Waals surface area (Å²) in [5.41, 5.74) is 2.87. The molecule has 0 aromatic heterocycles. The molecule has 1 aromatic carbocycles. The van der Waals surface area contributed by atoms with Crippen molar-refractivity contribution in [3.05, 3.63) is 35.5 Å². The maximum atomic E-state index is 10.9. The van der Waals surface area contributed by atoms with Gasteiger partial charge in [-0.25, -0.2) is 0 Å². The van der Waals surface area contributed by atoms with E-state index in [1.807, 2.05) is 43.1 Å². The van der Waals surface area contributed by atoms with E-state index in [9.17, 15) is 4.79 Å². The number of esters is 1. The van der Waals surface area contributed by atoms with E-state index in [2.05, 4.69) is 0 Å². The molecule has 0 amide bonds. The van der Waals surface area contributed by atoms with Crippen molar-refractivity contribution >= 4 is 30.5 Å². The SMILES string of the molecule is CC(=O)Oc1ccccc1/C=C/[Si](C)(C)Cl. The van der Waals surface area contributed by atoms with Crippen molar-refractivity contribution in [2.75, 3.05) is 0 Å². The van der Waals surface area contributed by atoms with Gasteiger partial charge < -0.3 is 4.74 Å². The van der Waals surface area contributed by atoms with Gasteiger partial charge in [-0.1, -0.05) is 43.1 Å². The van der Waals surface area contributed by atoms with Crippen LogP contribution in [0.2, 0.25) is 13.1 Å². The van der Waals surface area contributed by atoms with Gasteiger partial charge in [-0.3, -0.25) is 4.79 Å². The quantitative estimate of drug-likeness (QED) is 0.357. The van der Waals surface area contributed by atoms with E-state index >= 15 is 0 Å². The Kier molecular flexibility index (Phi) is 4.32. The maximum Gasteiger partial charge on any atom is 0.308 e. The largest absolute Gasteiger partial charge is 0.426 e. The van der Waals surface area contributed by atoms with Gasteiger partial charge in [-0.2, -0.15) is 11.1 Å². The second-order valence-corrected chi connectivity index (χ2v) is 10.4. The van der Waals surface area contributed by atoms with Gasteiger partial charge in [-0.05, 0) is 6.07 Å². The molecule has 0 bridgehead atoms. The fraction of sp³-hybridized carbons (Fsp3) is 0.250. The van der Waals surface area contributed by atoms with Gasteiger partial charge >= 0.3 is 5.97 Å². The number of carbonyl (C=O) groups excluding carboxylic acids is 1. The number of benzene rings is 1. The van der Waals surface area contributed by atoms with Crippen LogP contribution in [0.4, 0.5) is 0 Å². The Morgan fingerprint density at radius 3 is 2.56 bits per heavy atom. The first kappa shape index (κ1) is 13.0. The second kappa shape index (κ2) is 5.32. The van der Waals surface area contributed by atoms with E-state index in [4.69, 9.17) is 15.8 Å². The van der Waals surface area contributed by atoms with Gasteiger partial charge in [0.05, 0.1) is 0 Å². The summed E-state index contributed by atoms with van der Waals surface area (Å²) < 4.78 is 5.09. The standard InChI is InChI=1S/C12H15ClO2Si/c1-10(14)15-12-7-5-4-6-11(12)8-9-16(2,3)13/h4-9H,1-3H3/b9-8+. The van der Waals surface area contributed by atoms with E-state index in [0.717, 1.165) is 5.56 Å². The predicted octanol–water partition coefficient (Wildman–Crippen LogP) is 3.61. The number of para-hydroxylation sites is 1. The normalized spacial score (nSPS) is 11.8. The van der Waals surface area contributed by atoms with Gasteiger partial charge in [0.2, 0.25) is 0 Å². The summed E-state index contributed by atoms with van der Waals surface area (Å²) in [4.78, 5) is 10.9. The smallest absolute Gasteiger partial charge is 0.308 e. The number of ether oxygens (including phenoxy) is 1. The minimum Gasteiger partial charge on any atom is -0.426 e. The Balaban J connectivity index is 2.95. The molecule has 0 N–H and O–H groups in total. The Bertz CT molecular complexity index is 408. The van der Waals surface area contributed by atoms with E-state index < -0.39 is 7.38 Å². The van der Waals surface area contributed by atoms with Crippen LogP contribution in [0.5, 0.6) is 5.75 Å². The molecule has 2 nitrogen and oxygen atoms in total. The summed E-state index contributed by atoms with van der Waals surface area (Å²) in [7, 11) is -1.75. The average molecular weight is 255 g/mol. The average Bonchev–Trinajstić information content (AvgIpc) is 2.14. The Morgan fingerprint density at radius 2 is 2.00 bits per heavy atom. The lowest BCUT2D eigenvalue weighted by molar-refractivity contribution is -0.131. The molecule has 0 spiro atoms. The highest BCUT2D eigenvalue weighted by molar-refractivity contribution is 7.22. The lowest BCUT2D eigenvalue weighted by Gasteiger charge is -2.07. The molecule has 0 aliphatic heterocycles. The van der Waals surface area contributed by atoms with Crippen LogP contribution in [-0.2, 0) is 4.79 Å². The molecule has 0 unspecified atom stereocenters. The van der Waals surface area contributed by atoms with Crippen LogP contribution in [0, 0.1) is 0 Å². The molecule has 0 heterocycles. The van der Waals surface area contributed by atoms with Crippen LogP contribution in [0.3, 0.4) is 0 Å².